The van der Waals surface area contributed by atoms with E-state index in [9.17, 15) is 18.4 Å². The number of halogens is 2. The van der Waals surface area contributed by atoms with Crippen LogP contribution in [-0.2, 0) is 33.1 Å². The minimum atomic E-state index is -1.52. The van der Waals surface area contributed by atoms with E-state index in [1.807, 2.05) is 69.3 Å². The molecular weight excluding hydrogens is 674 g/mol. The van der Waals surface area contributed by atoms with E-state index in [1.54, 1.807) is 0 Å². The number of rotatable bonds is 11. The fourth-order valence-corrected chi connectivity index (χ4v) is 6.27. The number of aromatic nitrogens is 6. The van der Waals surface area contributed by atoms with E-state index >= 15 is 0 Å². The molecule has 2 aromatic heterocycles. The molecule has 2 atom stereocenters. The van der Waals surface area contributed by atoms with Gasteiger partial charge in [-0.05, 0) is 60.7 Å². The van der Waals surface area contributed by atoms with Gasteiger partial charge in [0.15, 0.2) is 5.78 Å². The Labute approximate surface area is 299 Å². The molecular formula is C37H40F2N8O5. The topological polar surface area (TPSA) is 122 Å². The minimum absolute atomic E-state index is 0.0230. The first-order chi connectivity index (χ1) is 25.0. The molecule has 7 rings (SSSR count). The van der Waals surface area contributed by atoms with Crippen molar-refractivity contribution < 1.29 is 27.8 Å². The predicted octanol–water partition coefficient (Wildman–Crippen LogP) is 4.19. The third-order valence-electron chi connectivity index (χ3n) is 9.31. The summed E-state index contributed by atoms with van der Waals surface area (Å²) in [5.74, 6) is -2.40. The van der Waals surface area contributed by atoms with Crippen LogP contribution in [0, 0.1) is 17.0 Å². The lowest BCUT2D eigenvalue weighted by Gasteiger charge is -2.37. The molecule has 0 bridgehead atoms. The second-order valence-electron chi connectivity index (χ2n) is 13.9. The van der Waals surface area contributed by atoms with Crippen molar-refractivity contribution in [3.05, 3.63) is 113 Å². The summed E-state index contributed by atoms with van der Waals surface area (Å²) in [5, 5.41) is 8.25. The molecule has 2 aliphatic rings. The summed E-state index contributed by atoms with van der Waals surface area (Å²) >= 11 is 0. The largest absolute Gasteiger partial charge is 0.491 e. The Bertz CT molecular complexity index is 2050. The summed E-state index contributed by atoms with van der Waals surface area (Å²) < 4.78 is 51.0. The van der Waals surface area contributed by atoms with Crippen molar-refractivity contribution in [2.24, 2.45) is 5.41 Å². The molecule has 52 heavy (non-hydrogen) atoms. The van der Waals surface area contributed by atoms with Crippen LogP contribution in [0.4, 0.5) is 20.2 Å². The first-order valence-corrected chi connectivity index (χ1v) is 17.1. The Morgan fingerprint density at radius 2 is 1.56 bits per heavy atom. The Morgan fingerprint density at radius 3 is 2.17 bits per heavy atom. The Morgan fingerprint density at radius 1 is 0.904 bits per heavy atom. The predicted molar refractivity (Wildman–Crippen MR) is 188 cm³/mol. The van der Waals surface area contributed by atoms with Crippen molar-refractivity contribution in [3.8, 4) is 11.4 Å². The average Bonchev–Trinajstić information content (AvgIpc) is 3.89. The lowest BCUT2D eigenvalue weighted by molar-refractivity contribution is -0.192. The van der Waals surface area contributed by atoms with E-state index in [1.165, 1.54) is 45.0 Å². The van der Waals surface area contributed by atoms with Crippen LogP contribution in [-0.4, -0.2) is 80.4 Å². The van der Waals surface area contributed by atoms with Crippen molar-refractivity contribution in [2.75, 3.05) is 49.2 Å². The van der Waals surface area contributed by atoms with Gasteiger partial charge in [-0.3, -0.25) is 4.79 Å². The smallest absolute Gasteiger partial charge is 0.350 e. The highest BCUT2D eigenvalue weighted by Gasteiger charge is 2.46. The maximum atomic E-state index is 14.9. The Kier molecular flexibility index (Phi) is 9.63. The average molecular weight is 715 g/mol. The van der Waals surface area contributed by atoms with Crippen LogP contribution in [0.5, 0.6) is 5.75 Å². The lowest BCUT2D eigenvalue weighted by Crippen LogP contribution is -2.46. The fraction of sp³-hybridized carbons (Fsp3) is 0.378. The molecule has 2 saturated heterocycles. The van der Waals surface area contributed by atoms with Crippen LogP contribution >= 0.6 is 0 Å². The van der Waals surface area contributed by atoms with Crippen molar-refractivity contribution in [1.82, 2.24) is 29.1 Å². The monoisotopic (exact) mass is 714 g/mol. The quantitative estimate of drug-likeness (QED) is 0.197. The second kappa shape index (κ2) is 14.3. The lowest BCUT2D eigenvalue weighted by atomic mass is 9.91. The van der Waals surface area contributed by atoms with Gasteiger partial charge in [-0.2, -0.15) is 10.2 Å². The summed E-state index contributed by atoms with van der Waals surface area (Å²) in [7, 11) is 0. The summed E-state index contributed by atoms with van der Waals surface area (Å²) in [6.07, 6.45) is 3.77. The standard InChI is InChI=1S/C37H40F2N8O5/c1-36(2,3)34(48)19-47-35(49)46(25-42-47)29-7-5-27(6-8-29)43-14-16-44(17-15-43)28-9-11-30(12-10-28)50-20-31-21-51-37(52-31,22-45-24-40-23-41-45)32-13-4-26(38)18-33(32)39/h4-13,18,23-25,31H,14-17,19-22H2,1-3H3/t31-,37-/m1/s1. The van der Waals surface area contributed by atoms with Gasteiger partial charge in [0.1, 0.15) is 62.2 Å². The van der Waals surface area contributed by atoms with Gasteiger partial charge in [-0.15, -0.1) is 0 Å². The molecule has 0 amide bonds. The maximum Gasteiger partial charge on any atom is 0.350 e. The molecule has 3 aromatic carbocycles. The molecule has 5 aromatic rings. The van der Waals surface area contributed by atoms with Gasteiger partial charge in [0.2, 0.25) is 5.79 Å². The Hall–Kier alpha value is -5.41. The van der Waals surface area contributed by atoms with E-state index < -0.39 is 28.9 Å². The first kappa shape index (κ1) is 35.0. The minimum Gasteiger partial charge on any atom is -0.491 e. The van der Waals surface area contributed by atoms with Gasteiger partial charge in [-0.1, -0.05) is 20.8 Å². The van der Waals surface area contributed by atoms with Gasteiger partial charge in [0.25, 0.3) is 0 Å². The second-order valence-corrected chi connectivity index (χ2v) is 13.9. The molecule has 15 heteroatoms. The number of hydrogen-bond donors (Lipinski definition) is 0. The zero-order valence-corrected chi connectivity index (χ0v) is 29.2. The fourth-order valence-electron chi connectivity index (χ4n) is 6.27. The van der Waals surface area contributed by atoms with Crippen molar-refractivity contribution in [2.45, 2.75) is 45.8 Å². The van der Waals surface area contributed by atoms with Crippen LogP contribution in [0.15, 0.2) is 90.5 Å². The summed E-state index contributed by atoms with van der Waals surface area (Å²) in [6, 6.07) is 18.9. The van der Waals surface area contributed by atoms with Gasteiger partial charge in [0, 0.05) is 54.6 Å². The number of hydrogen-bond acceptors (Lipinski definition) is 10. The zero-order chi connectivity index (χ0) is 36.5. The van der Waals surface area contributed by atoms with Crippen molar-refractivity contribution >= 4 is 17.2 Å². The molecule has 0 radical (unpaired) electrons. The number of nitrogens with zero attached hydrogens (tertiary/aromatic N) is 8. The molecule has 13 nitrogen and oxygen atoms in total. The van der Waals surface area contributed by atoms with Gasteiger partial charge < -0.3 is 24.0 Å². The molecule has 0 unspecified atom stereocenters. The summed E-state index contributed by atoms with van der Waals surface area (Å²) in [5.41, 5.74) is 1.98. The Balaban J connectivity index is 0.915. The molecule has 2 fully saturated rings. The van der Waals surface area contributed by atoms with E-state index in [4.69, 9.17) is 14.2 Å². The van der Waals surface area contributed by atoms with E-state index in [2.05, 4.69) is 25.0 Å². The van der Waals surface area contributed by atoms with Crippen LogP contribution in [0.1, 0.15) is 26.3 Å². The SMILES string of the molecule is CC(C)(C)C(=O)Cn1ncn(-c2ccc(N3CCN(c4ccc(OC[C@@H]5CO[C@@](Cn6cncn6)(c6ccc(F)cc6F)O5)cc4)CC3)cc2)c1=O. The number of ketones is 1. The summed E-state index contributed by atoms with van der Waals surface area (Å²) in [4.78, 5) is 33.9. The molecule has 0 saturated carbocycles. The van der Waals surface area contributed by atoms with E-state index in [0.29, 0.717) is 11.4 Å². The van der Waals surface area contributed by atoms with Crippen LogP contribution in [0.2, 0.25) is 0 Å². The van der Waals surface area contributed by atoms with Gasteiger partial charge in [-0.25, -0.2) is 32.5 Å². The molecule has 272 valence electrons. The van der Waals surface area contributed by atoms with Crippen LogP contribution < -0.4 is 20.2 Å². The number of ether oxygens (including phenoxy) is 3. The number of piperazine rings is 1. The number of benzene rings is 3. The zero-order valence-electron chi connectivity index (χ0n) is 29.2. The van der Waals surface area contributed by atoms with Crippen LogP contribution in [0.25, 0.3) is 5.69 Å². The third-order valence-corrected chi connectivity index (χ3v) is 9.31. The molecule has 0 aliphatic carbocycles. The number of carbonyl (C=O) groups excluding carboxylic acids is 1. The van der Waals surface area contributed by atoms with Gasteiger partial charge in [0.05, 0.1) is 12.3 Å². The summed E-state index contributed by atoms with van der Waals surface area (Å²) in [6.45, 7) is 8.99. The molecule has 4 heterocycles. The van der Waals surface area contributed by atoms with Crippen LogP contribution in [0.3, 0.4) is 0 Å². The van der Waals surface area contributed by atoms with Crippen molar-refractivity contribution in [1.29, 1.82) is 0 Å². The van der Waals surface area contributed by atoms with Crippen molar-refractivity contribution in [3.63, 3.8) is 0 Å². The first-order valence-electron chi connectivity index (χ1n) is 17.1. The molecule has 2 aliphatic heterocycles. The van der Waals surface area contributed by atoms with Gasteiger partial charge >= 0.3 is 5.69 Å². The maximum absolute atomic E-state index is 14.9. The third kappa shape index (κ3) is 7.46. The van der Waals surface area contributed by atoms with E-state index in [0.717, 1.165) is 43.6 Å². The number of Topliss-reactive ketones (excluding diaryl/α,β-unsaturated/α-hetero) is 1. The molecule has 0 spiro atoms. The molecule has 0 N–H and O–H groups in total. The number of carbonyl (C=O) groups is 1. The van der Waals surface area contributed by atoms with E-state index in [-0.39, 0.29) is 43.3 Å². The highest BCUT2D eigenvalue weighted by atomic mass is 19.1. The number of anilines is 2. The highest BCUT2D eigenvalue weighted by Crippen LogP contribution is 2.38. The highest BCUT2D eigenvalue weighted by molar-refractivity contribution is 5.83. The normalized spacial score (nSPS) is 19.3.